The molecular weight excluding hydrogens is 433 g/mol. The van der Waals surface area contributed by atoms with Gasteiger partial charge in [-0.05, 0) is 42.7 Å². The van der Waals surface area contributed by atoms with E-state index in [2.05, 4.69) is 20.2 Å². The van der Waals surface area contributed by atoms with Crippen molar-refractivity contribution in [3.63, 3.8) is 0 Å². The normalized spacial score (nSPS) is 13.3. The summed E-state index contributed by atoms with van der Waals surface area (Å²) >= 11 is 0. The number of rotatable bonds is 5. The van der Waals surface area contributed by atoms with Gasteiger partial charge in [0.25, 0.3) is 0 Å². The smallest absolute Gasteiger partial charge is 0.192 e. The van der Waals surface area contributed by atoms with Gasteiger partial charge in [-0.2, -0.15) is 0 Å². The molecule has 1 aromatic carbocycles. The number of benzene rings is 1. The third-order valence-corrected chi connectivity index (χ3v) is 6.69. The highest BCUT2D eigenvalue weighted by molar-refractivity contribution is 7.90. The van der Waals surface area contributed by atoms with Gasteiger partial charge in [-0.1, -0.05) is 0 Å². The second kappa shape index (κ2) is 7.63. The highest BCUT2D eigenvalue weighted by atomic mass is 32.2. The summed E-state index contributed by atoms with van der Waals surface area (Å²) in [4.78, 5) is 8.68. The first-order valence-electron chi connectivity index (χ1n) is 10.1. The van der Waals surface area contributed by atoms with Gasteiger partial charge in [-0.25, -0.2) is 22.8 Å². The molecule has 0 fully saturated rings. The lowest BCUT2D eigenvalue weighted by atomic mass is 10.00. The first kappa shape index (κ1) is 20.5. The zero-order chi connectivity index (χ0) is 22.5. The molecule has 1 aliphatic rings. The number of sulfone groups is 1. The molecule has 4 heterocycles. The van der Waals surface area contributed by atoms with Crippen LogP contribution in [0, 0.1) is 12.7 Å². The Morgan fingerprint density at radius 3 is 2.75 bits per heavy atom. The van der Waals surface area contributed by atoms with Gasteiger partial charge >= 0.3 is 0 Å². The van der Waals surface area contributed by atoms with Crippen molar-refractivity contribution in [3.05, 3.63) is 65.3 Å². The average molecular weight is 453 g/mol. The lowest BCUT2D eigenvalue weighted by Gasteiger charge is -2.12. The fraction of sp³-hybridized carbons (Fsp3) is 0.273. The number of aryl methyl sites for hydroxylation is 2. The summed E-state index contributed by atoms with van der Waals surface area (Å²) in [5, 5.41) is 8.27. The second-order valence-electron chi connectivity index (χ2n) is 7.82. The standard InChI is InChI=1S/C22H20FN5O3S/c1-13-9-21(32(2,29)30)25-10-16(13)17-11-24-20(28-12-26-27-22(17)28)6-3-14-15-7-8-31-19(15)5-4-18(14)23/h4-5,9-12H,3,6-8H2,1-2H3. The van der Waals surface area contributed by atoms with E-state index in [4.69, 9.17) is 4.74 Å². The van der Waals surface area contributed by atoms with Crippen LogP contribution in [-0.4, -0.2) is 45.8 Å². The van der Waals surface area contributed by atoms with Crippen LogP contribution in [0.1, 0.15) is 22.5 Å². The average Bonchev–Trinajstić information content (AvgIpc) is 3.42. The number of aromatic nitrogens is 5. The monoisotopic (exact) mass is 453 g/mol. The fourth-order valence-electron chi connectivity index (χ4n) is 4.08. The summed E-state index contributed by atoms with van der Waals surface area (Å²) < 4.78 is 45.4. The van der Waals surface area contributed by atoms with Crippen molar-refractivity contribution in [1.29, 1.82) is 0 Å². The number of halogens is 1. The third-order valence-electron chi connectivity index (χ3n) is 5.70. The molecule has 3 aromatic heterocycles. The largest absolute Gasteiger partial charge is 0.493 e. The molecular formula is C22H20FN5O3S. The Kier molecular flexibility index (Phi) is 4.89. The molecule has 0 spiro atoms. The molecule has 8 nitrogen and oxygen atoms in total. The Hall–Kier alpha value is -3.40. The molecule has 0 saturated carbocycles. The Labute approximate surface area is 184 Å². The SMILES string of the molecule is Cc1cc(S(C)(=O)=O)ncc1-c1cnc(CCc2c(F)ccc3c2CCO3)n2cnnc12. The van der Waals surface area contributed by atoms with Crippen molar-refractivity contribution < 1.29 is 17.5 Å². The first-order valence-corrected chi connectivity index (χ1v) is 12.0. The lowest BCUT2D eigenvalue weighted by Crippen LogP contribution is -2.07. The number of ether oxygens (including phenoxy) is 1. The number of nitrogens with zero attached hydrogens (tertiary/aromatic N) is 5. The van der Waals surface area contributed by atoms with Crippen LogP contribution in [0.4, 0.5) is 4.39 Å². The quantitative estimate of drug-likeness (QED) is 0.458. The molecule has 1 aliphatic heterocycles. The second-order valence-corrected chi connectivity index (χ2v) is 9.79. The van der Waals surface area contributed by atoms with Crippen molar-refractivity contribution in [2.24, 2.45) is 0 Å². The molecule has 10 heteroatoms. The molecule has 32 heavy (non-hydrogen) atoms. The van der Waals surface area contributed by atoms with Gasteiger partial charge in [0.15, 0.2) is 20.5 Å². The molecule has 164 valence electrons. The number of fused-ring (bicyclic) bond motifs is 2. The van der Waals surface area contributed by atoms with Gasteiger partial charge in [0, 0.05) is 48.2 Å². The number of pyridine rings is 1. The summed E-state index contributed by atoms with van der Waals surface area (Å²) in [6, 6.07) is 4.66. The van der Waals surface area contributed by atoms with Gasteiger partial charge in [0.05, 0.1) is 6.61 Å². The van der Waals surface area contributed by atoms with Crippen molar-refractivity contribution in [2.45, 2.75) is 31.2 Å². The molecule has 5 rings (SSSR count). The van der Waals surface area contributed by atoms with E-state index < -0.39 is 9.84 Å². The Balaban J connectivity index is 1.50. The zero-order valence-electron chi connectivity index (χ0n) is 17.5. The van der Waals surface area contributed by atoms with E-state index in [1.807, 2.05) is 6.92 Å². The Morgan fingerprint density at radius 1 is 1.16 bits per heavy atom. The van der Waals surface area contributed by atoms with E-state index in [0.717, 1.165) is 28.7 Å². The molecule has 0 N–H and O–H groups in total. The number of hydrogen-bond donors (Lipinski definition) is 0. The van der Waals surface area contributed by atoms with Crippen LogP contribution in [0.25, 0.3) is 16.8 Å². The Bertz CT molecular complexity index is 1470. The van der Waals surface area contributed by atoms with Crippen LogP contribution in [0.5, 0.6) is 5.75 Å². The third kappa shape index (κ3) is 3.50. The van der Waals surface area contributed by atoms with Gasteiger partial charge in [0.2, 0.25) is 0 Å². The van der Waals surface area contributed by atoms with E-state index in [0.29, 0.717) is 48.5 Å². The Morgan fingerprint density at radius 2 is 1.97 bits per heavy atom. The molecule has 0 unspecified atom stereocenters. The topological polar surface area (TPSA) is 99.3 Å². The van der Waals surface area contributed by atoms with E-state index in [1.165, 1.54) is 18.3 Å². The molecule has 0 aliphatic carbocycles. The highest BCUT2D eigenvalue weighted by Crippen LogP contribution is 2.31. The molecule has 0 bridgehead atoms. The molecule has 0 radical (unpaired) electrons. The van der Waals surface area contributed by atoms with Crippen LogP contribution in [0.2, 0.25) is 0 Å². The van der Waals surface area contributed by atoms with Gasteiger partial charge in [-0.3, -0.25) is 4.40 Å². The summed E-state index contributed by atoms with van der Waals surface area (Å²) in [6.07, 6.45) is 7.56. The van der Waals surface area contributed by atoms with E-state index in [1.54, 1.807) is 23.0 Å². The van der Waals surface area contributed by atoms with Crippen molar-refractivity contribution in [3.8, 4) is 16.9 Å². The summed E-state index contributed by atoms with van der Waals surface area (Å²) in [5.41, 5.74) is 4.31. The van der Waals surface area contributed by atoms with Gasteiger partial charge < -0.3 is 4.74 Å². The molecule has 0 amide bonds. The highest BCUT2D eigenvalue weighted by Gasteiger charge is 2.21. The molecule has 0 atom stereocenters. The van der Waals surface area contributed by atoms with Crippen molar-refractivity contribution in [1.82, 2.24) is 24.6 Å². The van der Waals surface area contributed by atoms with E-state index >= 15 is 0 Å². The molecule has 4 aromatic rings. The van der Waals surface area contributed by atoms with E-state index in [-0.39, 0.29) is 10.8 Å². The fourth-order valence-corrected chi connectivity index (χ4v) is 4.71. The summed E-state index contributed by atoms with van der Waals surface area (Å²) in [5.74, 6) is 1.21. The molecule has 0 saturated heterocycles. The first-order chi connectivity index (χ1) is 15.3. The number of hydrogen-bond acceptors (Lipinski definition) is 7. The van der Waals surface area contributed by atoms with Crippen LogP contribution in [-0.2, 0) is 29.1 Å². The van der Waals surface area contributed by atoms with Gasteiger partial charge in [0.1, 0.15) is 23.7 Å². The van der Waals surface area contributed by atoms with Crippen LogP contribution in [0.3, 0.4) is 0 Å². The van der Waals surface area contributed by atoms with Crippen molar-refractivity contribution >= 4 is 15.5 Å². The minimum absolute atomic E-state index is 0.0159. The van der Waals surface area contributed by atoms with Crippen LogP contribution < -0.4 is 4.74 Å². The maximum absolute atomic E-state index is 14.5. The summed E-state index contributed by atoms with van der Waals surface area (Å²) in [7, 11) is -3.40. The zero-order valence-corrected chi connectivity index (χ0v) is 18.4. The van der Waals surface area contributed by atoms with Crippen LogP contribution in [0.15, 0.2) is 41.9 Å². The minimum Gasteiger partial charge on any atom is -0.493 e. The van der Waals surface area contributed by atoms with E-state index in [9.17, 15) is 12.8 Å². The van der Waals surface area contributed by atoms with Crippen molar-refractivity contribution in [2.75, 3.05) is 12.9 Å². The minimum atomic E-state index is -3.40. The maximum Gasteiger partial charge on any atom is 0.192 e. The lowest BCUT2D eigenvalue weighted by molar-refractivity contribution is 0.356. The summed E-state index contributed by atoms with van der Waals surface area (Å²) in [6.45, 7) is 2.38. The maximum atomic E-state index is 14.5. The predicted molar refractivity (Wildman–Crippen MR) is 115 cm³/mol. The predicted octanol–water partition coefficient (Wildman–Crippen LogP) is 2.76. The van der Waals surface area contributed by atoms with Gasteiger partial charge in [-0.15, -0.1) is 10.2 Å². The van der Waals surface area contributed by atoms with Crippen LogP contribution >= 0.6 is 0 Å².